The smallest absolute Gasteiger partial charge is 0.317 e. The van der Waals surface area contributed by atoms with Gasteiger partial charge in [-0.3, -0.25) is 4.79 Å². The fourth-order valence-corrected chi connectivity index (χ4v) is 4.06. The van der Waals surface area contributed by atoms with Gasteiger partial charge in [0.1, 0.15) is 0 Å². The Morgan fingerprint density at radius 1 is 1.36 bits per heavy atom. The number of methoxy groups -OCH3 is 1. The van der Waals surface area contributed by atoms with Crippen LogP contribution in [0.5, 0.6) is 0 Å². The predicted molar refractivity (Wildman–Crippen MR) is 102 cm³/mol. The lowest BCUT2D eigenvalue weighted by Gasteiger charge is -2.48. The monoisotopic (exact) mass is 393 g/mol. The molecule has 2 aliphatic heterocycles. The lowest BCUT2D eigenvalue weighted by Crippen LogP contribution is -2.56. The van der Waals surface area contributed by atoms with E-state index >= 15 is 0 Å². The molecule has 0 aromatic carbocycles. The fraction of sp³-hybridized carbons (Fsp3) is 0.789. The molecule has 0 saturated carbocycles. The van der Waals surface area contributed by atoms with Crippen molar-refractivity contribution in [2.45, 2.75) is 52.0 Å². The van der Waals surface area contributed by atoms with Gasteiger partial charge in [-0.15, -0.1) is 0 Å². The van der Waals surface area contributed by atoms with E-state index in [1.807, 2.05) is 23.6 Å². The Labute approximate surface area is 165 Å². The Balaban J connectivity index is 1.56. The van der Waals surface area contributed by atoms with Crippen LogP contribution in [0.25, 0.3) is 0 Å². The maximum atomic E-state index is 12.7. The summed E-state index contributed by atoms with van der Waals surface area (Å²) in [6.45, 7) is 7.43. The topological polar surface area (TPSA) is 101 Å². The number of urea groups is 1. The van der Waals surface area contributed by atoms with Gasteiger partial charge in [-0.1, -0.05) is 19.0 Å². The number of ether oxygens (including phenoxy) is 1. The molecule has 1 aromatic heterocycles. The van der Waals surface area contributed by atoms with E-state index in [0.29, 0.717) is 44.4 Å². The number of amides is 3. The highest BCUT2D eigenvalue weighted by Crippen LogP contribution is 2.38. The molecule has 1 atom stereocenters. The van der Waals surface area contributed by atoms with Gasteiger partial charge >= 0.3 is 6.03 Å². The van der Waals surface area contributed by atoms with E-state index in [4.69, 9.17) is 9.26 Å². The first-order valence-electron chi connectivity index (χ1n) is 10.0. The number of nitrogens with zero attached hydrogens (tertiary/aromatic N) is 4. The third kappa shape index (κ3) is 4.81. The van der Waals surface area contributed by atoms with Crippen LogP contribution in [0.3, 0.4) is 0 Å². The van der Waals surface area contributed by atoms with Crippen molar-refractivity contribution in [3.8, 4) is 0 Å². The van der Waals surface area contributed by atoms with E-state index in [0.717, 1.165) is 25.8 Å². The third-order valence-corrected chi connectivity index (χ3v) is 5.65. The first-order valence-corrected chi connectivity index (χ1v) is 10.0. The van der Waals surface area contributed by atoms with Crippen LogP contribution in [0, 0.1) is 5.41 Å². The Morgan fingerprint density at radius 2 is 2.18 bits per heavy atom. The average molecular weight is 393 g/mol. The van der Waals surface area contributed by atoms with Crippen LogP contribution in [0.4, 0.5) is 4.79 Å². The largest absolute Gasteiger partial charge is 0.383 e. The van der Waals surface area contributed by atoms with E-state index in [9.17, 15) is 9.59 Å². The molecule has 9 heteroatoms. The molecule has 0 radical (unpaired) electrons. The minimum atomic E-state index is -0.122. The summed E-state index contributed by atoms with van der Waals surface area (Å²) in [4.78, 5) is 32.9. The second-order valence-corrected chi connectivity index (χ2v) is 8.19. The first kappa shape index (κ1) is 20.6. The van der Waals surface area contributed by atoms with Crippen molar-refractivity contribution in [2.24, 2.45) is 5.41 Å². The Kier molecular flexibility index (Phi) is 6.53. The molecule has 3 rings (SSSR count). The zero-order chi connectivity index (χ0) is 20.1. The van der Waals surface area contributed by atoms with Gasteiger partial charge in [0.05, 0.1) is 13.2 Å². The number of hydrogen-bond acceptors (Lipinski definition) is 6. The predicted octanol–water partition coefficient (Wildman–Crippen LogP) is 1.75. The normalized spacial score (nSPS) is 22.9. The minimum Gasteiger partial charge on any atom is -0.383 e. The molecule has 3 amide bonds. The molecule has 28 heavy (non-hydrogen) atoms. The number of piperidine rings is 2. The van der Waals surface area contributed by atoms with Crippen LogP contribution in [-0.4, -0.2) is 71.8 Å². The molecule has 2 fully saturated rings. The zero-order valence-electron chi connectivity index (χ0n) is 17.1. The lowest BCUT2D eigenvalue weighted by atomic mass is 9.73. The van der Waals surface area contributed by atoms with Gasteiger partial charge < -0.3 is 24.4 Å². The number of aromatic nitrogens is 2. The first-order chi connectivity index (χ1) is 13.4. The van der Waals surface area contributed by atoms with E-state index in [1.165, 1.54) is 0 Å². The molecule has 2 aliphatic rings. The number of likely N-dealkylation sites (tertiary alicyclic amines) is 2. The summed E-state index contributed by atoms with van der Waals surface area (Å²) in [5, 5.41) is 6.80. The van der Waals surface area contributed by atoms with Crippen molar-refractivity contribution in [1.29, 1.82) is 0 Å². The second kappa shape index (κ2) is 8.89. The van der Waals surface area contributed by atoms with Gasteiger partial charge in [-0.2, -0.15) is 4.98 Å². The molecule has 0 aliphatic carbocycles. The van der Waals surface area contributed by atoms with E-state index in [1.54, 1.807) is 7.11 Å². The van der Waals surface area contributed by atoms with Crippen molar-refractivity contribution in [3.05, 3.63) is 11.7 Å². The summed E-state index contributed by atoms with van der Waals surface area (Å²) in [7, 11) is 1.64. The van der Waals surface area contributed by atoms with E-state index < -0.39 is 0 Å². The standard InChI is InChI=1S/C19H31N5O4/c1-14(2)17-21-15(28-22-17)11-20-18(26)24-8-4-6-19(13-24)7-5-16(25)23(12-19)9-10-27-3/h14H,4-13H2,1-3H3,(H,20,26)/t19-/m1/s1. The van der Waals surface area contributed by atoms with Crippen LogP contribution in [0.2, 0.25) is 0 Å². The number of hydrogen-bond donors (Lipinski definition) is 1. The molecule has 9 nitrogen and oxygen atoms in total. The SMILES string of the molecule is COCCN1C[C@@]2(CCCN(C(=O)NCc3nc(C(C)C)no3)C2)CCC1=O. The summed E-state index contributed by atoms with van der Waals surface area (Å²) < 4.78 is 10.3. The van der Waals surface area contributed by atoms with Gasteiger partial charge in [0.25, 0.3) is 0 Å². The van der Waals surface area contributed by atoms with Crippen molar-refractivity contribution >= 4 is 11.9 Å². The second-order valence-electron chi connectivity index (χ2n) is 8.19. The van der Waals surface area contributed by atoms with E-state index in [2.05, 4.69) is 15.5 Å². The fourth-order valence-electron chi connectivity index (χ4n) is 4.06. The molecule has 0 bridgehead atoms. The highest BCUT2D eigenvalue weighted by atomic mass is 16.5. The molecule has 0 unspecified atom stereocenters. The van der Waals surface area contributed by atoms with Gasteiger partial charge in [-0.05, 0) is 19.3 Å². The van der Waals surface area contributed by atoms with Crippen LogP contribution in [0.1, 0.15) is 57.2 Å². The molecule has 3 heterocycles. The minimum absolute atomic E-state index is 0.0213. The Bertz CT molecular complexity index is 692. The Hall–Kier alpha value is -2.16. The van der Waals surface area contributed by atoms with Crippen LogP contribution >= 0.6 is 0 Å². The molecular weight excluding hydrogens is 362 g/mol. The number of nitrogens with one attached hydrogen (secondary N) is 1. The van der Waals surface area contributed by atoms with Gasteiger partial charge in [0, 0.05) is 51.0 Å². The number of rotatable bonds is 6. The van der Waals surface area contributed by atoms with Crippen molar-refractivity contribution in [1.82, 2.24) is 25.3 Å². The Morgan fingerprint density at radius 3 is 2.89 bits per heavy atom. The number of carbonyl (C=O) groups is 2. The van der Waals surface area contributed by atoms with Crippen LogP contribution in [-0.2, 0) is 16.1 Å². The lowest BCUT2D eigenvalue weighted by molar-refractivity contribution is -0.139. The average Bonchev–Trinajstić information content (AvgIpc) is 3.16. The highest BCUT2D eigenvalue weighted by molar-refractivity contribution is 5.77. The van der Waals surface area contributed by atoms with Crippen LogP contribution in [0.15, 0.2) is 4.52 Å². The van der Waals surface area contributed by atoms with Gasteiger partial charge in [0.2, 0.25) is 11.8 Å². The maximum absolute atomic E-state index is 12.7. The molecule has 156 valence electrons. The molecule has 1 N–H and O–H groups in total. The quantitative estimate of drug-likeness (QED) is 0.790. The summed E-state index contributed by atoms with van der Waals surface area (Å²) in [5.41, 5.74) is -0.0213. The van der Waals surface area contributed by atoms with Gasteiger partial charge in [0.15, 0.2) is 5.82 Å². The number of carbonyl (C=O) groups excluding carboxylic acids is 2. The third-order valence-electron chi connectivity index (χ3n) is 5.65. The summed E-state index contributed by atoms with van der Waals surface area (Å²) in [6, 6.07) is -0.122. The zero-order valence-corrected chi connectivity index (χ0v) is 17.1. The van der Waals surface area contributed by atoms with Crippen molar-refractivity contribution in [2.75, 3.05) is 39.9 Å². The van der Waals surface area contributed by atoms with Crippen molar-refractivity contribution < 1.29 is 18.8 Å². The molecule has 1 spiro atoms. The summed E-state index contributed by atoms with van der Waals surface area (Å²) in [6.07, 6.45) is 3.35. The van der Waals surface area contributed by atoms with Crippen LogP contribution < -0.4 is 5.32 Å². The van der Waals surface area contributed by atoms with E-state index in [-0.39, 0.29) is 29.8 Å². The summed E-state index contributed by atoms with van der Waals surface area (Å²) in [5.74, 6) is 1.42. The maximum Gasteiger partial charge on any atom is 0.317 e. The molecule has 2 saturated heterocycles. The molecular formula is C19H31N5O4. The van der Waals surface area contributed by atoms with Crippen molar-refractivity contribution in [3.63, 3.8) is 0 Å². The van der Waals surface area contributed by atoms with Gasteiger partial charge in [-0.25, -0.2) is 4.79 Å². The summed E-state index contributed by atoms with van der Waals surface area (Å²) >= 11 is 0. The molecule has 1 aromatic rings. The highest BCUT2D eigenvalue weighted by Gasteiger charge is 2.42.